The summed E-state index contributed by atoms with van der Waals surface area (Å²) in [5, 5.41) is 16.8. The molecule has 6 nitrogen and oxygen atoms in total. The number of aliphatic hydroxyl groups is 1. The predicted molar refractivity (Wildman–Crippen MR) is 120 cm³/mol. The van der Waals surface area contributed by atoms with Crippen molar-refractivity contribution in [3.63, 3.8) is 0 Å². The Morgan fingerprint density at radius 2 is 1.89 bits per heavy atom. The first-order chi connectivity index (χ1) is 12.7. The minimum absolute atomic E-state index is 0. The van der Waals surface area contributed by atoms with Gasteiger partial charge in [0.15, 0.2) is 5.96 Å². The second-order valence-electron chi connectivity index (χ2n) is 7.28. The summed E-state index contributed by atoms with van der Waals surface area (Å²) in [7, 11) is 0. The zero-order valence-corrected chi connectivity index (χ0v) is 18.6. The van der Waals surface area contributed by atoms with Gasteiger partial charge in [0.05, 0.1) is 25.4 Å². The van der Waals surface area contributed by atoms with Gasteiger partial charge in [0.2, 0.25) is 0 Å². The van der Waals surface area contributed by atoms with E-state index in [2.05, 4.69) is 46.7 Å². The zero-order valence-electron chi connectivity index (χ0n) is 16.2. The van der Waals surface area contributed by atoms with Gasteiger partial charge in [0.1, 0.15) is 0 Å². The first-order valence-corrected chi connectivity index (χ1v) is 9.80. The van der Waals surface area contributed by atoms with Gasteiger partial charge in [-0.2, -0.15) is 0 Å². The van der Waals surface area contributed by atoms with Gasteiger partial charge in [-0.05, 0) is 37.3 Å². The Kier molecular flexibility index (Phi) is 9.28. The molecule has 152 valence electrons. The van der Waals surface area contributed by atoms with E-state index in [1.54, 1.807) is 0 Å². The topological polar surface area (TPSA) is 69.1 Å². The number of aliphatic imine (C=N–C) groups is 1. The van der Waals surface area contributed by atoms with E-state index in [1.807, 2.05) is 0 Å². The Morgan fingerprint density at radius 3 is 2.52 bits per heavy atom. The molecule has 1 aliphatic carbocycles. The van der Waals surface area contributed by atoms with E-state index in [0.717, 1.165) is 64.6 Å². The highest BCUT2D eigenvalue weighted by Gasteiger charge is 2.34. The third kappa shape index (κ3) is 6.89. The number of nitrogens with zero attached hydrogens (tertiary/aromatic N) is 2. The Balaban J connectivity index is 0.00000261. The zero-order chi connectivity index (χ0) is 18.2. The first kappa shape index (κ1) is 22.4. The molecule has 1 saturated heterocycles. The molecular weight excluding hydrogens is 455 g/mol. The number of guanidine groups is 1. The number of nitrogens with one attached hydrogen (secondary N) is 2. The third-order valence-corrected chi connectivity index (χ3v) is 5.24. The van der Waals surface area contributed by atoms with E-state index in [4.69, 9.17) is 9.73 Å². The minimum atomic E-state index is -0.551. The molecular formula is C20H33IN4O2. The van der Waals surface area contributed by atoms with Crippen molar-refractivity contribution in [2.24, 2.45) is 4.99 Å². The fourth-order valence-electron chi connectivity index (χ4n) is 3.38. The molecule has 1 aliphatic heterocycles. The van der Waals surface area contributed by atoms with E-state index in [0.29, 0.717) is 13.1 Å². The maximum absolute atomic E-state index is 10.3. The molecule has 0 radical (unpaired) electrons. The molecule has 7 heteroatoms. The molecule has 0 amide bonds. The van der Waals surface area contributed by atoms with Crippen LogP contribution in [0, 0.1) is 0 Å². The molecule has 3 rings (SSSR count). The average Bonchev–Trinajstić information content (AvgIpc) is 2.64. The third-order valence-electron chi connectivity index (χ3n) is 5.24. The van der Waals surface area contributed by atoms with E-state index in [9.17, 15) is 5.11 Å². The summed E-state index contributed by atoms with van der Waals surface area (Å²) in [6, 6.07) is 8.52. The summed E-state index contributed by atoms with van der Waals surface area (Å²) in [6.45, 7) is 8.61. The molecule has 0 bridgehead atoms. The number of hydrogen-bond acceptors (Lipinski definition) is 4. The number of halogens is 1. The van der Waals surface area contributed by atoms with Crippen molar-refractivity contribution < 1.29 is 9.84 Å². The highest BCUT2D eigenvalue weighted by atomic mass is 127. The highest BCUT2D eigenvalue weighted by Crippen LogP contribution is 2.30. The van der Waals surface area contributed by atoms with Gasteiger partial charge in [-0.25, -0.2) is 4.99 Å². The monoisotopic (exact) mass is 488 g/mol. The van der Waals surface area contributed by atoms with E-state index in [1.165, 1.54) is 11.1 Å². The van der Waals surface area contributed by atoms with Crippen molar-refractivity contribution in [1.29, 1.82) is 0 Å². The standard InChI is InChI=1S/C20H32N4O2.HI/c1-2-21-19(23-16-20(25)8-5-9-20)22-14-17-6-3-4-7-18(17)15-24-10-12-26-13-11-24;/h3-4,6-7,25H,2,5,8-16H2,1H3,(H2,21,22,23);1H. The molecule has 0 aromatic heterocycles. The normalized spacial score (nSPS) is 19.7. The number of benzene rings is 1. The van der Waals surface area contributed by atoms with Gasteiger partial charge in [0, 0.05) is 32.7 Å². The van der Waals surface area contributed by atoms with Crippen LogP contribution < -0.4 is 10.6 Å². The first-order valence-electron chi connectivity index (χ1n) is 9.80. The lowest BCUT2D eigenvalue weighted by molar-refractivity contribution is -0.0279. The second-order valence-corrected chi connectivity index (χ2v) is 7.28. The van der Waals surface area contributed by atoms with Crippen LogP contribution in [0.1, 0.15) is 37.3 Å². The molecule has 0 unspecified atom stereocenters. The molecule has 0 spiro atoms. The summed E-state index contributed by atoms with van der Waals surface area (Å²) in [5.74, 6) is 0.772. The maximum Gasteiger partial charge on any atom is 0.191 e. The van der Waals surface area contributed by atoms with Crippen molar-refractivity contribution in [2.75, 3.05) is 39.4 Å². The van der Waals surface area contributed by atoms with E-state index in [-0.39, 0.29) is 24.0 Å². The summed E-state index contributed by atoms with van der Waals surface area (Å²) >= 11 is 0. The van der Waals surface area contributed by atoms with Crippen molar-refractivity contribution in [1.82, 2.24) is 15.5 Å². The Bertz CT molecular complexity index is 601. The molecule has 1 aromatic carbocycles. The molecule has 2 aliphatic rings. The van der Waals surface area contributed by atoms with Gasteiger partial charge in [-0.1, -0.05) is 24.3 Å². The van der Waals surface area contributed by atoms with Crippen LogP contribution in [0.2, 0.25) is 0 Å². The molecule has 1 aromatic rings. The van der Waals surface area contributed by atoms with Gasteiger partial charge in [-0.15, -0.1) is 24.0 Å². The summed E-state index contributed by atoms with van der Waals surface area (Å²) in [6.07, 6.45) is 2.87. The highest BCUT2D eigenvalue weighted by molar-refractivity contribution is 14.0. The fourth-order valence-corrected chi connectivity index (χ4v) is 3.38. The SMILES string of the molecule is CCNC(=NCc1ccccc1CN1CCOCC1)NCC1(O)CCC1.I. The predicted octanol–water partition coefficient (Wildman–Crippen LogP) is 2.11. The van der Waals surface area contributed by atoms with Gasteiger partial charge >= 0.3 is 0 Å². The largest absolute Gasteiger partial charge is 0.388 e. The Morgan fingerprint density at radius 1 is 1.19 bits per heavy atom. The van der Waals surface area contributed by atoms with Crippen LogP contribution in [-0.2, 0) is 17.8 Å². The summed E-state index contributed by atoms with van der Waals surface area (Å²) in [5.41, 5.74) is 2.02. The van der Waals surface area contributed by atoms with Crippen LogP contribution in [0.3, 0.4) is 0 Å². The summed E-state index contributed by atoms with van der Waals surface area (Å²) < 4.78 is 5.44. The van der Waals surface area contributed by atoms with Gasteiger partial charge in [-0.3, -0.25) is 4.90 Å². The van der Waals surface area contributed by atoms with Crippen LogP contribution in [-0.4, -0.2) is 61.0 Å². The molecule has 3 N–H and O–H groups in total. The van der Waals surface area contributed by atoms with E-state index < -0.39 is 5.60 Å². The minimum Gasteiger partial charge on any atom is -0.388 e. The molecule has 2 fully saturated rings. The fraction of sp³-hybridized carbons (Fsp3) is 0.650. The smallest absolute Gasteiger partial charge is 0.191 e. The molecule has 1 saturated carbocycles. The molecule has 0 atom stereocenters. The quantitative estimate of drug-likeness (QED) is 0.312. The lowest BCUT2D eigenvalue weighted by Gasteiger charge is -2.37. The number of ether oxygens (including phenoxy) is 1. The molecule has 1 heterocycles. The van der Waals surface area contributed by atoms with Crippen molar-refractivity contribution in [2.45, 2.75) is 44.9 Å². The lowest BCUT2D eigenvalue weighted by Crippen LogP contribution is -2.50. The van der Waals surface area contributed by atoms with Gasteiger partial charge < -0.3 is 20.5 Å². The maximum atomic E-state index is 10.3. The number of morpholine rings is 1. The van der Waals surface area contributed by atoms with Crippen LogP contribution in [0.4, 0.5) is 0 Å². The van der Waals surface area contributed by atoms with Crippen LogP contribution in [0.15, 0.2) is 29.3 Å². The van der Waals surface area contributed by atoms with Crippen molar-refractivity contribution in [3.05, 3.63) is 35.4 Å². The second kappa shape index (κ2) is 11.2. The summed E-state index contributed by atoms with van der Waals surface area (Å²) in [4.78, 5) is 7.17. The van der Waals surface area contributed by atoms with Crippen molar-refractivity contribution in [3.8, 4) is 0 Å². The van der Waals surface area contributed by atoms with Crippen molar-refractivity contribution >= 4 is 29.9 Å². The van der Waals surface area contributed by atoms with Gasteiger partial charge in [0.25, 0.3) is 0 Å². The average molecular weight is 488 g/mol. The lowest BCUT2D eigenvalue weighted by atomic mass is 9.80. The van der Waals surface area contributed by atoms with Crippen LogP contribution >= 0.6 is 24.0 Å². The molecule has 27 heavy (non-hydrogen) atoms. The van der Waals surface area contributed by atoms with Crippen LogP contribution in [0.5, 0.6) is 0 Å². The Labute approximate surface area is 179 Å². The Hall–Kier alpha value is -0.900. The number of rotatable bonds is 7. The van der Waals surface area contributed by atoms with E-state index >= 15 is 0 Å². The number of hydrogen-bond donors (Lipinski definition) is 3. The van der Waals surface area contributed by atoms with Crippen LogP contribution in [0.25, 0.3) is 0 Å².